The first kappa shape index (κ1) is 28.7. The molecule has 0 atom stereocenters. The summed E-state index contributed by atoms with van der Waals surface area (Å²) < 4.78 is 8.84. The summed E-state index contributed by atoms with van der Waals surface area (Å²) in [6.07, 6.45) is 8.62. The number of nitrogens with zero attached hydrogens (tertiary/aromatic N) is 8. The van der Waals surface area contributed by atoms with Crippen molar-refractivity contribution in [3.8, 4) is 28.6 Å². The number of benzene rings is 1. The molecular formula is C30H33N9O3. The van der Waals surface area contributed by atoms with E-state index in [4.69, 9.17) is 9.78 Å². The molecule has 1 saturated heterocycles. The molecule has 1 aliphatic rings. The quantitative estimate of drug-likeness (QED) is 0.324. The van der Waals surface area contributed by atoms with Crippen LogP contribution in [0.2, 0.25) is 0 Å². The van der Waals surface area contributed by atoms with E-state index in [1.54, 1.807) is 54.8 Å². The maximum absolute atomic E-state index is 13.5. The molecule has 5 rings (SSSR count). The van der Waals surface area contributed by atoms with Crippen LogP contribution in [0.25, 0.3) is 22.5 Å². The Labute approximate surface area is 243 Å². The highest BCUT2D eigenvalue weighted by Gasteiger charge is 2.28. The van der Waals surface area contributed by atoms with Crippen molar-refractivity contribution in [2.45, 2.75) is 39.5 Å². The molecular weight excluding hydrogens is 534 g/mol. The molecule has 0 saturated carbocycles. The first-order valence-electron chi connectivity index (χ1n) is 13.5. The summed E-state index contributed by atoms with van der Waals surface area (Å²) in [5.41, 5.74) is 3.28. The van der Waals surface area contributed by atoms with Crippen molar-refractivity contribution in [1.29, 1.82) is 5.26 Å². The number of nitrogens with one attached hydrogen (secondary N) is 1. The van der Waals surface area contributed by atoms with Crippen molar-refractivity contribution >= 4 is 11.6 Å². The van der Waals surface area contributed by atoms with E-state index in [-0.39, 0.29) is 11.8 Å². The summed E-state index contributed by atoms with van der Waals surface area (Å²) >= 11 is 0. The molecule has 4 aromatic rings. The largest absolute Gasteiger partial charge is 0.389 e. The number of carbonyl (C=O) groups is 1. The van der Waals surface area contributed by atoms with Gasteiger partial charge >= 0.3 is 0 Å². The molecule has 216 valence electrons. The van der Waals surface area contributed by atoms with Gasteiger partial charge in [-0.05, 0) is 44.5 Å². The average molecular weight is 568 g/mol. The van der Waals surface area contributed by atoms with E-state index in [1.165, 1.54) is 0 Å². The number of aryl methyl sites for hydroxylation is 2. The van der Waals surface area contributed by atoms with Crippen LogP contribution >= 0.6 is 0 Å². The lowest BCUT2D eigenvalue weighted by molar-refractivity contribution is 0.0577. The van der Waals surface area contributed by atoms with Crippen LogP contribution in [0, 0.1) is 24.2 Å². The highest BCUT2D eigenvalue weighted by molar-refractivity contribution is 6.03. The molecule has 12 nitrogen and oxygen atoms in total. The van der Waals surface area contributed by atoms with Crippen LogP contribution in [-0.4, -0.2) is 64.1 Å². The van der Waals surface area contributed by atoms with Gasteiger partial charge in [0.25, 0.3) is 5.91 Å². The van der Waals surface area contributed by atoms with E-state index in [0.29, 0.717) is 54.8 Å². The molecule has 1 aromatic carbocycles. The lowest BCUT2D eigenvalue weighted by atomic mass is 10.0. The molecule has 1 aliphatic heterocycles. The molecule has 1 fully saturated rings. The number of rotatable bonds is 8. The summed E-state index contributed by atoms with van der Waals surface area (Å²) in [6, 6.07) is 11.3. The van der Waals surface area contributed by atoms with Gasteiger partial charge in [-0.3, -0.25) is 19.4 Å². The van der Waals surface area contributed by atoms with Crippen LogP contribution in [0.1, 0.15) is 35.8 Å². The minimum absolute atomic E-state index is 0.0557. The van der Waals surface area contributed by atoms with E-state index in [9.17, 15) is 9.90 Å². The third-order valence-corrected chi connectivity index (χ3v) is 6.83. The molecule has 3 aromatic heterocycles. The summed E-state index contributed by atoms with van der Waals surface area (Å²) in [7, 11) is 1.79. The Morgan fingerprint density at radius 2 is 1.95 bits per heavy atom. The zero-order valence-electron chi connectivity index (χ0n) is 24.0. The van der Waals surface area contributed by atoms with Gasteiger partial charge in [-0.25, -0.2) is 0 Å². The molecule has 42 heavy (non-hydrogen) atoms. The lowest BCUT2D eigenvalue weighted by Gasteiger charge is -2.33. The fourth-order valence-corrected chi connectivity index (χ4v) is 4.62. The summed E-state index contributed by atoms with van der Waals surface area (Å²) in [6.45, 7) is 7.59. The number of aromatic nitrogens is 6. The third kappa shape index (κ3) is 6.88. The fourth-order valence-electron chi connectivity index (χ4n) is 4.62. The average Bonchev–Trinajstić information content (AvgIpc) is 3.58. The second kappa shape index (κ2) is 11.9. The second-order valence-corrected chi connectivity index (χ2v) is 11.1. The topological polar surface area (TPSA) is 151 Å². The maximum Gasteiger partial charge on any atom is 0.272 e. The number of carbonyl (C=O) groups excluding carboxylic acids is 1. The second-order valence-electron chi connectivity index (χ2n) is 11.1. The summed E-state index contributed by atoms with van der Waals surface area (Å²) in [5.74, 6) is 0.636. The molecule has 1 amide bonds. The zero-order valence-corrected chi connectivity index (χ0v) is 24.0. The van der Waals surface area contributed by atoms with E-state index in [0.717, 1.165) is 16.7 Å². The van der Waals surface area contributed by atoms with E-state index >= 15 is 0 Å². The van der Waals surface area contributed by atoms with Crippen molar-refractivity contribution in [1.82, 2.24) is 34.4 Å². The van der Waals surface area contributed by atoms with Gasteiger partial charge in [0.05, 0.1) is 36.9 Å². The molecule has 2 N–H and O–H groups in total. The lowest BCUT2D eigenvalue weighted by Crippen LogP contribution is -2.45. The first-order chi connectivity index (χ1) is 20.1. The van der Waals surface area contributed by atoms with Crippen LogP contribution in [0.15, 0.2) is 65.8 Å². The van der Waals surface area contributed by atoms with Gasteiger partial charge in [-0.2, -0.15) is 15.3 Å². The molecule has 0 bridgehead atoms. The fraction of sp³-hybridized carbons (Fsp3) is 0.333. The zero-order chi connectivity index (χ0) is 29.9. The first-order valence-corrected chi connectivity index (χ1v) is 13.5. The smallest absolute Gasteiger partial charge is 0.272 e. The van der Waals surface area contributed by atoms with Gasteiger partial charge in [-0.1, -0.05) is 17.3 Å². The summed E-state index contributed by atoms with van der Waals surface area (Å²) in [4.78, 5) is 24.4. The molecule has 0 aliphatic carbocycles. The minimum Gasteiger partial charge on any atom is -0.389 e. The SMILES string of the molecule is Cc1ccc(-c2noc(CN3CC(C#N)C3)n2)cc1NC(=O)c1ccnccc(-c2cnn(CC(C)(C)O)c2)cn1C. The van der Waals surface area contributed by atoms with E-state index in [1.807, 2.05) is 43.6 Å². The van der Waals surface area contributed by atoms with Crippen molar-refractivity contribution < 1.29 is 14.4 Å². The van der Waals surface area contributed by atoms with Gasteiger partial charge in [0.15, 0.2) is 0 Å². The molecule has 0 spiro atoms. The molecule has 0 radical (unpaired) electrons. The van der Waals surface area contributed by atoms with Crippen molar-refractivity contribution in [3.05, 3.63) is 78.5 Å². The van der Waals surface area contributed by atoms with Crippen molar-refractivity contribution in [2.24, 2.45) is 13.0 Å². The van der Waals surface area contributed by atoms with Gasteiger partial charge in [-0.15, -0.1) is 0 Å². The Hall–Kier alpha value is -4.86. The number of aliphatic hydroxyl groups is 1. The molecule has 0 unspecified atom stereocenters. The maximum atomic E-state index is 13.5. The van der Waals surface area contributed by atoms with Crippen molar-refractivity contribution in [2.75, 3.05) is 18.4 Å². The monoisotopic (exact) mass is 567 g/mol. The number of likely N-dealkylation sites (tertiary alicyclic amines) is 1. The number of nitriles is 1. The van der Waals surface area contributed by atoms with Gasteiger partial charge < -0.3 is 19.5 Å². The van der Waals surface area contributed by atoms with Crippen LogP contribution in [-0.2, 0) is 20.1 Å². The number of hydrogen-bond acceptors (Lipinski definition) is 9. The van der Waals surface area contributed by atoms with Crippen LogP contribution < -0.4 is 5.32 Å². The van der Waals surface area contributed by atoms with Crippen LogP contribution in [0.5, 0.6) is 0 Å². The number of amides is 1. The van der Waals surface area contributed by atoms with Crippen LogP contribution in [0.4, 0.5) is 5.69 Å². The standard InChI is InChI=1S/C30H33N9O3/c1-20-5-6-22(28-35-27(42-36-28)18-38-14-21(12-31)15-38)11-25(20)34-29(40)26-8-10-32-9-7-23(16-37(26)4)24-13-33-39(17-24)19-30(2,3)41/h5-11,13,16-17,21,41H,14-15,18-19H2,1-4H3,(H,34,40). The Morgan fingerprint density at radius 1 is 1.17 bits per heavy atom. The highest BCUT2D eigenvalue weighted by atomic mass is 16.5. The van der Waals surface area contributed by atoms with Gasteiger partial charge in [0, 0.05) is 67.3 Å². The predicted octanol–water partition coefficient (Wildman–Crippen LogP) is 3.75. The highest BCUT2D eigenvalue weighted by Crippen LogP contribution is 2.25. The Bertz CT molecular complexity index is 1680. The Balaban J connectivity index is 1.36. The van der Waals surface area contributed by atoms with Crippen LogP contribution in [0.3, 0.4) is 0 Å². The molecule has 12 heteroatoms. The Kier molecular flexibility index (Phi) is 8.15. The number of hydrogen-bond donors (Lipinski definition) is 2. The summed E-state index contributed by atoms with van der Waals surface area (Å²) in [5, 5.41) is 30.6. The van der Waals surface area contributed by atoms with Gasteiger partial charge in [0.2, 0.25) is 11.7 Å². The number of anilines is 1. The predicted molar refractivity (Wildman–Crippen MR) is 155 cm³/mol. The normalized spacial score (nSPS) is 13.7. The minimum atomic E-state index is -0.903. The van der Waals surface area contributed by atoms with E-state index < -0.39 is 5.60 Å². The van der Waals surface area contributed by atoms with Gasteiger partial charge in [0.1, 0.15) is 5.69 Å². The third-order valence-electron chi connectivity index (χ3n) is 6.83. The van der Waals surface area contributed by atoms with E-state index in [2.05, 4.69) is 36.5 Å². The Morgan fingerprint density at radius 3 is 2.71 bits per heavy atom. The molecule has 4 heterocycles. The van der Waals surface area contributed by atoms with Crippen molar-refractivity contribution in [3.63, 3.8) is 0 Å².